The van der Waals surface area contributed by atoms with Gasteiger partial charge in [0.2, 0.25) is 0 Å². The van der Waals surface area contributed by atoms with E-state index in [-0.39, 0.29) is 18.6 Å². The fourth-order valence-corrected chi connectivity index (χ4v) is 4.64. The van der Waals surface area contributed by atoms with Gasteiger partial charge in [-0.25, -0.2) is 0 Å². The van der Waals surface area contributed by atoms with Crippen LogP contribution in [0.25, 0.3) is 0 Å². The summed E-state index contributed by atoms with van der Waals surface area (Å²) in [7, 11) is 0. The van der Waals surface area contributed by atoms with E-state index in [9.17, 15) is 4.79 Å². The summed E-state index contributed by atoms with van der Waals surface area (Å²) in [5.41, 5.74) is 2.32. The van der Waals surface area contributed by atoms with E-state index in [0.717, 1.165) is 31.5 Å². The number of nitrogens with one attached hydrogen (secondary N) is 1. The van der Waals surface area contributed by atoms with Gasteiger partial charge in [0.25, 0.3) is 5.91 Å². The van der Waals surface area contributed by atoms with Gasteiger partial charge in [0, 0.05) is 34.3 Å². The normalized spacial score (nSPS) is 19.3. The molecule has 1 atom stereocenters. The maximum Gasteiger partial charge on any atom is 0.254 e. The Bertz CT molecular complexity index is 859. The number of hydrogen-bond donors (Lipinski definition) is 1. The summed E-state index contributed by atoms with van der Waals surface area (Å²) >= 11 is 18.5. The molecule has 142 valence electrons. The molecule has 27 heavy (non-hydrogen) atoms. The molecule has 0 saturated carbocycles. The number of halogens is 3. The molecule has 2 aromatic carbocycles. The molecule has 0 bridgehead atoms. The van der Waals surface area contributed by atoms with Gasteiger partial charge >= 0.3 is 0 Å². The summed E-state index contributed by atoms with van der Waals surface area (Å²) in [6.07, 6.45) is 2.11. The summed E-state index contributed by atoms with van der Waals surface area (Å²) in [5, 5.41) is 4.78. The Hall–Kier alpha value is -1.46. The molecule has 7 heteroatoms. The first-order valence-electron chi connectivity index (χ1n) is 8.94. The zero-order chi connectivity index (χ0) is 19.0. The Balaban J connectivity index is 1.55. The van der Waals surface area contributed by atoms with Crippen LogP contribution in [0.2, 0.25) is 15.1 Å². The van der Waals surface area contributed by atoms with Gasteiger partial charge in [-0.3, -0.25) is 4.79 Å². The monoisotopic (exact) mass is 424 g/mol. The van der Waals surface area contributed by atoms with Crippen LogP contribution in [0.1, 0.15) is 34.3 Å². The van der Waals surface area contributed by atoms with E-state index in [4.69, 9.17) is 39.5 Å². The number of amides is 1. The van der Waals surface area contributed by atoms with Crippen molar-refractivity contribution in [1.82, 2.24) is 10.2 Å². The number of benzene rings is 2. The van der Waals surface area contributed by atoms with E-state index < -0.39 is 0 Å². The van der Waals surface area contributed by atoms with Crippen molar-refractivity contribution in [3.05, 3.63) is 62.1 Å². The smallest absolute Gasteiger partial charge is 0.254 e. The minimum atomic E-state index is 0.0757. The number of carbonyl (C=O) groups is 1. The second-order valence-corrected chi connectivity index (χ2v) is 8.10. The SMILES string of the molecule is O=C1c2cccc(OCc3c(Cl)cc(Cl)cc3Cl)c2CN1C1CCCNC1. The fraction of sp³-hybridized carbons (Fsp3) is 0.350. The van der Waals surface area contributed by atoms with E-state index in [0.29, 0.717) is 38.5 Å². The molecule has 1 amide bonds. The van der Waals surface area contributed by atoms with Gasteiger partial charge in [0.1, 0.15) is 12.4 Å². The molecule has 0 aromatic heterocycles. The summed E-state index contributed by atoms with van der Waals surface area (Å²) in [6, 6.07) is 9.11. The molecule has 2 aliphatic heterocycles. The van der Waals surface area contributed by atoms with Crippen LogP contribution in [0.3, 0.4) is 0 Å². The number of piperidine rings is 1. The van der Waals surface area contributed by atoms with Crippen molar-refractivity contribution in [3.8, 4) is 5.75 Å². The molecule has 2 aliphatic rings. The third kappa shape index (κ3) is 3.77. The Morgan fingerprint density at radius 2 is 1.96 bits per heavy atom. The minimum Gasteiger partial charge on any atom is -0.488 e. The van der Waals surface area contributed by atoms with Gasteiger partial charge in [0.05, 0.1) is 16.6 Å². The molecule has 4 rings (SSSR count). The molecule has 1 saturated heterocycles. The lowest BCUT2D eigenvalue weighted by Crippen LogP contribution is -2.46. The number of fused-ring (bicyclic) bond motifs is 1. The largest absolute Gasteiger partial charge is 0.488 e. The molecule has 1 unspecified atom stereocenters. The van der Waals surface area contributed by atoms with E-state index >= 15 is 0 Å². The number of carbonyl (C=O) groups excluding carboxylic acids is 1. The van der Waals surface area contributed by atoms with Crippen molar-refractivity contribution in [2.24, 2.45) is 0 Å². The highest BCUT2D eigenvalue weighted by Gasteiger charge is 2.35. The van der Waals surface area contributed by atoms with Crippen LogP contribution < -0.4 is 10.1 Å². The Labute approximate surface area is 173 Å². The standard InChI is InChI=1S/C20H19Cl3N2O2/c21-12-7-17(22)16(18(23)8-12)11-27-19-5-1-4-14-15(19)10-25(20(14)26)13-3-2-6-24-9-13/h1,4-5,7-8,13,24H,2-3,6,9-11H2. The van der Waals surface area contributed by atoms with Gasteiger partial charge < -0.3 is 15.0 Å². The van der Waals surface area contributed by atoms with E-state index in [1.165, 1.54) is 0 Å². The number of nitrogens with zero attached hydrogens (tertiary/aromatic N) is 1. The second-order valence-electron chi connectivity index (χ2n) is 6.85. The zero-order valence-electron chi connectivity index (χ0n) is 14.6. The Morgan fingerprint density at radius 1 is 1.19 bits per heavy atom. The summed E-state index contributed by atoms with van der Waals surface area (Å²) < 4.78 is 6.01. The first-order chi connectivity index (χ1) is 13.0. The van der Waals surface area contributed by atoms with E-state index in [2.05, 4.69) is 5.32 Å². The molecule has 4 nitrogen and oxygen atoms in total. The van der Waals surface area contributed by atoms with Gasteiger partial charge in [-0.15, -0.1) is 0 Å². The highest BCUT2D eigenvalue weighted by atomic mass is 35.5. The van der Waals surface area contributed by atoms with Crippen molar-refractivity contribution >= 4 is 40.7 Å². The quantitative estimate of drug-likeness (QED) is 0.755. The molecule has 0 radical (unpaired) electrons. The maximum atomic E-state index is 12.9. The molecular formula is C20H19Cl3N2O2. The second kappa shape index (κ2) is 7.88. The zero-order valence-corrected chi connectivity index (χ0v) is 16.9. The predicted octanol–water partition coefficient (Wildman–Crippen LogP) is 4.93. The van der Waals surface area contributed by atoms with Crippen molar-refractivity contribution < 1.29 is 9.53 Å². The molecule has 1 N–H and O–H groups in total. The van der Waals surface area contributed by atoms with E-state index in [1.807, 2.05) is 23.1 Å². The summed E-state index contributed by atoms with van der Waals surface area (Å²) in [4.78, 5) is 14.8. The third-order valence-electron chi connectivity index (χ3n) is 5.14. The molecule has 2 aromatic rings. The van der Waals surface area contributed by atoms with E-state index in [1.54, 1.807) is 12.1 Å². The van der Waals surface area contributed by atoms with Gasteiger partial charge in [-0.1, -0.05) is 40.9 Å². The number of hydrogen-bond acceptors (Lipinski definition) is 3. The van der Waals surface area contributed by atoms with Crippen molar-refractivity contribution in [2.75, 3.05) is 13.1 Å². The summed E-state index contributed by atoms with van der Waals surface area (Å²) in [5.74, 6) is 0.765. The lowest BCUT2D eigenvalue weighted by molar-refractivity contribution is 0.0674. The third-order valence-corrected chi connectivity index (χ3v) is 6.03. The minimum absolute atomic E-state index is 0.0757. The van der Waals surface area contributed by atoms with Crippen molar-refractivity contribution in [3.63, 3.8) is 0 Å². The van der Waals surface area contributed by atoms with Crippen LogP contribution >= 0.6 is 34.8 Å². The Kier molecular flexibility index (Phi) is 5.51. The van der Waals surface area contributed by atoms with Crippen molar-refractivity contribution in [2.45, 2.75) is 32.0 Å². The summed E-state index contributed by atoms with van der Waals surface area (Å²) in [6.45, 7) is 2.64. The molecule has 0 aliphatic carbocycles. The van der Waals surface area contributed by atoms with Crippen LogP contribution in [0, 0.1) is 0 Å². The lowest BCUT2D eigenvalue weighted by Gasteiger charge is -2.31. The average molecular weight is 426 g/mol. The van der Waals surface area contributed by atoms with Crippen LogP contribution in [0.5, 0.6) is 5.75 Å². The van der Waals surface area contributed by atoms with Gasteiger partial charge in [-0.05, 0) is 43.7 Å². The molecule has 0 spiro atoms. The molecule has 2 heterocycles. The molecular weight excluding hydrogens is 407 g/mol. The molecule has 1 fully saturated rings. The maximum absolute atomic E-state index is 12.9. The van der Waals surface area contributed by atoms with Crippen LogP contribution in [0.15, 0.2) is 30.3 Å². The highest BCUT2D eigenvalue weighted by molar-refractivity contribution is 6.39. The van der Waals surface area contributed by atoms with Crippen LogP contribution in [0.4, 0.5) is 0 Å². The van der Waals surface area contributed by atoms with Gasteiger partial charge in [0.15, 0.2) is 0 Å². The van der Waals surface area contributed by atoms with Crippen LogP contribution in [-0.2, 0) is 13.2 Å². The predicted molar refractivity (Wildman–Crippen MR) is 108 cm³/mol. The first-order valence-corrected chi connectivity index (χ1v) is 10.1. The van der Waals surface area contributed by atoms with Gasteiger partial charge in [-0.2, -0.15) is 0 Å². The highest BCUT2D eigenvalue weighted by Crippen LogP contribution is 2.35. The lowest BCUT2D eigenvalue weighted by atomic mass is 10.1. The van der Waals surface area contributed by atoms with Crippen molar-refractivity contribution in [1.29, 1.82) is 0 Å². The topological polar surface area (TPSA) is 41.6 Å². The number of rotatable bonds is 4. The fourth-order valence-electron chi connectivity index (χ4n) is 3.72. The average Bonchev–Trinajstić information content (AvgIpc) is 2.99. The first kappa shape index (κ1) is 18.9. The van der Waals surface area contributed by atoms with Crippen LogP contribution in [-0.4, -0.2) is 29.9 Å². The Morgan fingerprint density at radius 3 is 2.67 bits per heavy atom. The number of ether oxygens (including phenoxy) is 1.